The van der Waals surface area contributed by atoms with E-state index in [1.165, 1.54) is 26.4 Å². The molecule has 0 saturated heterocycles. The van der Waals surface area contributed by atoms with E-state index in [0.29, 0.717) is 5.75 Å². The Morgan fingerprint density at radius 2 is 1.94 bits per heavy atom. The van der Waals surface area contributed by atoms with Crippen molar-refractivity contribution in [3.05, 3.63) is 22.7 Å². The Balaban J connectivity index is 3.24. The van der Waals surface area contributed by atoms with Gasteiger partial charge in [0.25, 0.3) is 0 Å². The zero-order valence-electron chi connectivity index (χ0n) is 8.66. The molecule has 0 saturated carbocycles. The molecular weight excluding hydrogens is 259 g/mol. The number of hydrogen-bond donors (Lipinski definition) is 0. The molecule has 16 heavy (non-hydrogen) atoms. The summed E-state index contributed by atoms with van der Waals surface area (Å²) in [6.07, 6.45) is 0. The van der Waals surface area contributed by atoms with Crippen LogP contribution in [0.3, 0.4) is 0 Å². The first-order valence-electron chi connectivity index (χ1n) is 4.20. The number of methoxy groups -OCH3 is 2. The van der Waals surface area contributed by atoms with E-state index in [4.69, 9.17) is 21.1 Å². The van der Waals surface area contributed by atoms with Gasteiger partial charge >= 0.3 is 10.2 Å². The zero-order valence-corrected chi connectivity index (χ0v) is 10.2. The van der Waals surface area contributed by atoms with Crippen LogP contribution in [0, 0.1) is 0 Å². The minimum Gasteiger partial charge on any atom is -0.493 e. The van der Waals surface area contributed by atoms with Crippen LogP contribution in [0.25, 0.3) is 0 Å². The molecule has 1 rings (SSSR count). The largest absolute Gasteiger partial charge is 0.493 e. The molecule has 0 radical (unpaired) electrons. The summed E-state index contributed by atoms with van der Waals surface area (Å²) in [5.74, 6) is -0.246. The highest BCUT2D eigenvalue weighted by Gasteiger charge is 2.17. The Kier molecular flexibility index (Phi) is 3.98. The third-order valence-electron chi connectivity index (χ3n) is 1.89. The van der Waals surface area contributed by atoms with Crippen LogP contribution in [0.5, 0.6) is 11.5 Å². The molecular formula is C9H10ClFO4S. The van der Waals surface area contributed by atoms with Crippen LogP contribution in [0.4, 0.5) is 3.89 Å². The second-order valence-corrected chi connectivity index (χ2v) is 4.70. The summed E-state index contributed by atoms with van der Waals surface area (Å²) in [5, 5.41) is 0.0306. The van der Waals surface area contributed by atoms with Crippen molar-refractivity contribution in [1.82, 2.24) is 0 Å². The van der Waals surface area contributed by atoms with Gasteiger partial charge in [0.1, 0.15) is 5.75 Å². The van der Waals surface area contributed by atoms with Crippen molar-refractivity contribution in [2.24, 2.45) is 0 Å². The number of benzene rings is 1. The van der Waals surface area contributed by atoms with E-state index in [9.17, 15) is 12.3 Å². The van der Waals surface area contributed by atoms with E-state index < -0.39 is 16.0 Å². The molecule has 0 atom stereocenters. The second-order valence-electron chi connectivity index (χ2n) is 2.96. The summed E-state index contributed by atoms with van der Waals surface area (Å²) in [6, 6.07) is 2.84. The Morgan fingerprint density at radius 3 is 2.38 bits per heavy atom. The highest BCUT2D eigenvalue weighted by Crippen LogP contribution is 2.37. The normalized spacial score (nSPS) is 11.2. The lowest BCUT2D eigenvalue weighted by Crippen LogP contribution is -1.99. The van der Waals surface area contributed by atoms with Crippen LogP contribution in [0.2, 0.25) is 5.02 Å². The lowest BCUT2D eigenvalue weighted by atomic mass is 10.2. The number of halogens is 2. The minimum atomic E-state index is -4.63. The SMILES string of the molecule is COc1ccc(CS(=O)(=O)F)c(Cl)c1OC. The van der Waals surface area contributed by atoms with Crippen LogP contribution >= 0.6 is 11.6 Å². The molecule has 0 aliphatic carbocycles. The predicted molar refractivity (Wildman–Crippen MR) is 58.3 cm³/mol. The fourth-order valence-electron chi connectivity index (χ4n) is 1.23. The first-order chi connectivity index (χ1) is 7.39. The van der Waals surface area contributed by atoms with E-state index in [0.717, 1.165) is 0 Å². The van der Waals surface area contributed by atoms with Crippen LogP contribution < -0.4 is 9.47 Å². The fourth-order valence-corrected chi connectivity index (χ4v) is 2.22. The quantitative estimate of drug-likeness (QED) is 0.785. The molecule has 90 valence electrons. The average Bonchev–Trinajstić information content (AvgIpc) is 2.19. The van der Waals surface area contributed by atoms with Gasteiger partial charge in [0, 0.05) is 0 Å². The predicted octanol–water partition coefficient (Wildman–Crippen LogP) is 2.16. The van der Waals surface area contributed by atoms with Gasteiger partial charge in [-0.2, -0.15) is 8.42 Å². The lowest BCUT2D eigenvalue weighted by molar-refractivity contribution is 0.355. The second kappa shape index (κ2) is 4.88. The lowest BCUT2D eigenvalue weighted by Gasteiger charge is -2.11. The third-order valence-corrected chi connectivity index (χ3v) is 2.96. The summed E-state index contributed by atoms with van der Waals surface area (Å²) >= 11 is 5.86. The summed E-state index contributed by atoms with van der Waals surface area (Å²) in [7, 11) is -1.85. The van der Waals surface area contributed by atoms with Gasteiger partial charge in [-0.15, -0.1) is 3.89 Å². The summed E-state index contributed by atoms with van der Waals surface area (Å²) < 4.78 is 43.4. The van der Waals surface area contributed by atoms with Crippen molar-refractivity contribution in [1.29, 1.82) is 0 Å². The van der Waals surface area contributed by atoms with Crippen molar-refractivity contribution >= 4 is 21.8 Å². The van der Waals surface area contributed by atoms with Gasteiger partial charge in [-0.1, -0.05) is 17.7 Å². The highest BCUT2D eigenvalue weighted by molar-refractivity contribution is 7.85. The molecule has 1 aromatic rings. The monoisotopic (exact) mass is 268 g/mol. The molecule has 0 fully saturated rings. The molecule has 0 bridgehead atoms. The molecule has 7 heteroatoms. The third kappa shape index (κ3) is 2.99. The van der Waals surface area contributed by atoms with Crippen LogP contribution in [0.1, 0.15) is 5.56 Å². The van der Waals surface area contributed by atoms with Crippen molar-refractivity contribution < 1.29 is 21.8 Å². The average molecular weight is 269 g/mol. The Hall–Kier alpha value is -1.01. The first kappa shape index (κ1) is 13.1. The number of hydrogen-bond acceptors (Lipinski definition) is 4. The molecule has 4 nitrogen and oxygen atoms in total. The van der Waals surface area contributed by atoms with Gasteiger partial charge < -0.3 is 9.47 Å². The van der Waals surface area contributed by atoms with Gasteiger partial charge in [0.2, 0.25) is 0 Å². The topological polar surface area (TPSA) is 52.6 Å². The molecule has 1 aromatic carbocycles. The Bertz CT molecular complexity index is 487. The zero-order chi connectivity index (χ0) is 12.3. The number of ether oxygens (including phenoxy) is 2. The molecule has 0 amide bonds. The van der Waals surface area contributed by atoms with Crippen molar-refractivity contribution in [3.8, 4) is 11.5 Å². The Morgan fingerprint density at radius 1 is 1.31 bits per heavy atom. The van der Waals surface area contributed by atoms with Crippen LogP contribution in [0.15, 0.2) is 12.1 Å². The van der Waals surface area contributed by atoms with Gasteiger partial charge in [0.05, 0.1) is 19.2 Å². The highest BCUT2D eigenvalue weighted by atomic mass is 35.5. The van der Waals surface area contributed by atoms with Gasteiger partial charge in [-0.05, 0) is 11.6 Å². The van der Waals surface area contributed by atoms with Crippen molar-refractivity contribution in [2.75, 3.05) is 14.2 Å². The molecule has 0 unspecified atom stereocenters. The minimum absolute atomic E-state index is 0.0306. The van der Waals surface area contributed by atoms with Gasteiger partial charge in [-0.3, -0.25) is 0 Å². The smallest absolute Gasteiger partial charge is 0.306 e. The van der Waals surface area contributed by atoms with E-state index in [-0.39, 0.29) is 16.3 Å². The van der Waals surface area contributed by atoms with Crippen molar-refractivity contribution in [3.63, 3.8) is 0 Å². The summed E-state index contributed by atoms with van der Waals surface area (Å²) in [5.41, 5.74) is 0.127. The molecule has 0 aliphatic heterocycles. The van der Waals surface area contributed by atoms with Crippen molar-refractivity contribution in [2.45, 2.75) is 5.75 Å². The number of rotatable bonds is 4. The maximum absolute atomic E-state index is 12.5. The Labute approximate surface area is 98.1 Å². The summed E-state index contributed by atoms with van der Waals surface area (Å²) in [6.45, 7) is 0. The maximum Gasteiger partial charge on any atom is 0.306 e. The van der Waals surface area contributed by atoms with Crippen LogP contribution in [-0.2, 0) is 16.0 Å². The molecule has 0 aromatic heterocycles. The van der Waals surface area contributed by atoms with Gasteiger partial charge in [-0.25, -0.2) is 0 Å². The standard InChI is InChI=1S/C9H10ClFO4S/c1-14-7-4-3-6(5-16(11,12)13)8(10)9(7)15-2/h3-4H,5H2,1-2H3. The summed E-state index contributed by atoms with van der Waals surface area (Å²) in [4.78, 5) is 0. The first-order valence-corrected chi connectivity index (χ1v) is 6.13. The van der Waals surface area contributed by atoms with E-state index in [1.54, 1.807) is 0 Å². The maximum atomic E-state index is 12.5. The van der Waals surface area contributed by atoms with E-state index in [2.05, 4.69) is 0 Å². The van der Waals surface area contributed by atoms with Crippen LogP contribution in [-0.4, -0.2) is 22.6 Å². The van der Waals surface area contributed by atoms with Gasteiger partial charge in [0.15, 0.2) is 11.5 Å². The molecule has 0 N–H and O–H groups in total. The molecule has 0 spiro atoms. The fraction of sp³-hybridized carbons (Fsp3) is 0.333. The van der Waals surface area contributed by atoms with E-state index in [1.807, 2.05) is 0 Å². The van der Waals surface area contributed by atoms with E-state index >= 15 is 0 Å². The molecule has 0 aliphatic rings. The molecule has 0 heterocycles.